The number of nitrogens with one attached hydrogen (secondary N) is 1. The van der Waals surface area contributed by atoms with E-state index in [0.717, 1.165) is 30.3 Å². The number of anilines is 2. The highest BCUT2D eigenvalue weighted by molar-refractivity contribution is 6.31. The van der Waals surface area contributed by atoms with Gasteiger partial charge >= 0.3 is 6.18 Å². The van der Waals surface area contributed by atoms with Gasteiger partial charge in [-0.2, -0.15) is 13.2 Å². The van der Waals surface area contributed by atoms with E-state index >= 15 is 0 Å². The molecule has 5 rings (SSSR count). The Morgan fingerprint density at radius 2 is 1.72 bits per heavy atom. The number of nitrogen functional groups attached to an aromatic ring is 2. The van der Waals surface area contributed by atoms with Gasteiger partial charge in [-0.25, -0.2) is 19.1 Å². The molecular formula is C37H46ClF3N10O7. The summed E-state index contributed by atoms with van der Waals surface area (Å²) in [5, 5.41) is 22.0. The molecule has 3 amide bonds. The molecule has 1 aliphatic rings. The van der Waals surface area contributed by atoms with Gasteiger partial charge in [-0.1, -0.05) is 37.4 Å². The van der Waals surface area contributed by atoms with Crippen LogP contribution in [-0.2, 0) is 35.6 Å². The monoisotopic (exact) mass is 834 g/mol. The smallest absolute Gasteiger partial charge is 0.430 e. The molecule has 17 nitrogen and oxygen atoms in total. The number of unbranched alkanes of at least 4 members (excludes halogenated alkanes) is 2. The van der Waals surface area contributed by atoms with Gasteiger partial charge in [0.05, 0.1) is 31.2 Å². The lowest BCUT2D eigenvalue weighted by molar-refractivity contribution is -0.686. The Morgan fingerprint density at radius 1 is 1.05 bits per heavy atom. The highest BCUT2D eigenvalue weighted by Crippen LogP contribution is 2.29. The summed E-state index contributed by atoms with van der Waals surface area (Å²) < 4.78 is 41.7. The van der Waals surface area contributed by atoms with Crippen LogP contribution in [0.1, 0.15) is 72.4 Å². The Balaban J connectivity index is 0.000000973. The van der Waals surface area contributed by atoms with Crippen LogP contribution in [0.2, 0.25) is 5.15 Å². The summed E-state index contributed by atoms with van der Waals surface area (Å²) >= 11 is 6.01. The SMILES string of the molecule is CCCCCOc1cc2c(cc1C(=O)N1CCN(C(=O)Cc3ccccn3)CC1)n(CC)c(CNC(=O)c1nc(Cl)c(N)nc1N)[n+]2C[C@H](C)O.O=C([O-])C(F)(F)F. The number of carboxylic acid groups (broad SMARTS) is 1. The van der Waals surface area contributed by atoms with E-state index in [9.17, 15) is 32.7 Å². The van der Waals surface area contributed by atoms with E-state index in [0.29, 0.717) is 62.2 Å². The first-order chi connectivity index (χ1) is 27.5. The van der Waals surface area contributed by atoms with Gasteiger partial charge < -0.3 is 46.3 Å². The van der Waals surface area contributed by atoms with Crippen LogP contribution in [0.3, 0.4) is 0 Å². The predicted octanol–water partition coefficient (Wildman–Crippen LogP) is 1.66. The number of benzene rings is 1. The van der Waals surface area contributed by atoms with Gasteiger partial charge in [0.15, 0.2) is 33.5 Å². The normalized spacial score (nSPS) is 13.4. The van der Waals surface area contributed by atoms with Crippen molar-refractivity contribution in [1.82, 2.24) is 34.6 Å². The molecule has 1 aliphatic heterocycles. The van der Waals surface area contributed by atoms with Crippen LogP contribution in [0.4, 0.5) is 24.8 Å². The Labute approximate surface area is 336 Å². The Bertz CT molecular complexity index is 2090. The molecule has 4 aromatic rings. The first kappa shape index (κ1) is 44.9. The molecule has 0 spiro atoms. The van der Waals surface area contributed by atoms with Gasteiger partial charge in [-0.05, 0) is 32.4 Å². The zero-order valence-electron chi connectivity index (χ0n) is 32.2. The van der Waals surface area contributed by atoms with Crippen molar-refractivity contribution in [2.75, 3.05) is 44.3 Å². The molecule has 3 aromatic heterocycles. The molecule has 0 radical (unpaired) electrons. The van der Waals surface area contributed by atoms with Crippen molar-refractivity contribution in [1.29, 1.82) is 0 Å². The fourth-order valence-electron chi connectivity index (χ4n) is 6.20. The third-order valence-corrected chi connectivity index (χ3v) is 9.30. The molecule has 1 fully saturated rings. The molecule has 4 heterocycles. The number of carboxylic acids is 1. The number of ether oxygens (including phenoxy) is 1. The zero-order valence-corrected chi connectivity index (χ0v) is 33.0. The number of nitrogens with two attached hydrogens (primary N) is 2. The number of rotatable bonds is 14. The van der Waals surface area contributed by atoms with Crippen LogP contribution in [0.15, 0.2) is 36.5 Å². The molecule has 1 atom stereocenters. The molecule has 58 heavy (non-hydrogen) atoms. The number of imidazole rings is 1. The van der Waals surface area contributed by atoms with Gasteiger partial charge in [0.2, 0.25) is 5.91 Å². The van der Waals surface area contributed by atoms with Crippen LogP contribution in [0.5, 0.6) is 5.75 Å². The zero-order chi connectivity index (χ0) is 42.7. The maximum Gasteiger partial charge on any atom is 0.430 e. The third kappa shape index (κ3) is 11.4. The molecule has 0 saturated carbocycles. The van der Waals surface area contributed by atoms with Crippen molar-refractivity contribution in [3.63, 3.8) is 0 Å². The molecule has 6 N–H and O–H groups in total. The first-order valence-electron chi connectivity index (χ1n) is 18.5. The number of hydrogen-bond acceptors (Lipinski definition) is 12. The number of aliphatic hydroxyl groups is 1. The van der Waals surface area contributed by atoms with Gasteiger partial charge in [-0.3, -0.25) is 19.4 Å². The summed E-state index contributed by atoms with van der Waals surface area (Å²) in [5.41, 5.74) is 14.0. The lowest BCUT2D eigenvalue weighted by Crippen LogP contribution is -2.51. The number of alkyl halides is 3. The average molecular weight is 835 g/mol. The quantitative estimate of drug-likeness (QED) is 0.105. The van der Waals surface area contributed by atoms with Crippen molar-refractivity contribution >= 4 is 58.0 Å². The van der Waals surface area contributed by atoms with Crippen LogP contribution in [0.25, 0.3) is 11.0 Å². The lowest BCUT2D eigenvalue weighted by Gasteiger charge is -2.35. The predicted molar refractivity (Wildman–Crippen MR) is 203 cm³/mol. The van der Waals surface area contributed by atoms with E-state index in [1.165, 1.54) is 0 Å². The molecule has 0 bridgehead atoms. The number of nitrogens with zero attached hydrogens (tertiary/aromatic N) is 7. The van der Waals surface area contributed by atoms with Crippen LogP contribution in [0, 0.1) is 0 Å². The fraction of sp³-hybridized carbons (Fsp3) is 0.459. The highest BCUT2D eigenvalue weighted by Gasteiger charge is 2.32. The Kier molecular flexibility index (Phi) is 15.6. The minimum Gasteiger partial charge on any atom is -0.542 e. The number of aliphatic carboxylic acids is 1. The third-order valence-electron chi connectivity index (χ3n) is 9.02. The number of hydrogen-bond donors (Lipinski definition) is 4. The number of piperazine rings is 1. The molecule has 21 heteroatoms. The number of carbonyl (C=O) groups is 4. The highest BCUT2D eigenvalue weighted by atomic mass is 35.5. The molecular weight excluding hydrogens is 789 g/mol. The number of pyridine rings is 1. The van der Waals surface area contributed by atoms with E-state index in [1.807, 2.05) is 46.4 Å². The van der Waals surface area contributed by atoms with Crippen LogP contribution < -0.4 is 31.2 Å². The number of aliphatic hydroxyl groups excluding tert-OH is 1. The van der Waals surface area contributed by atoms with Crippen molar-refractivity contribution in [3.05, 3.63) is 64.5 Å². The second-order valence-corrected chi connectivity index (χ2v) is 13.6. The summed E-state index contributed by atoms with van der Waals surface area (Å²) in [6.45, 7) is 8.46. The first-order valence-corrected chi connectivity index (χ1v) is 18.9. The maximum atomic E-state index is 14.2. The second-order valence-electron chi connectivity index (χ2n) is 13.3. The molecule has 314 valence electrons. The number of aryl methyl sites for hydroxylation is 1. The van der Waals surface area contributed by atoms with Crippen molar-refractivity contribution < 1.29 is 51.9 Å². The number of aromatic nitrogens is 5. The molecule has 1 aromatic carbocycles. The van der Waals surface area contributed by atoms with Crippen molar-refractivity contribution in [3.8, 4) is 5.75 Å². The second kappa shape index (κ2) is 20.1. The van der Waals surface area contributed by atoms with E-state index in [1.54, 1.807) is 22.9 Å². The number of fused-ring (bicyclic) bond motifs is 1. The van der Waals surface area contributed by atoms with Crippen LogP contribution in [-0.4, -0.2) is 103 Å². The average Bonchev–Trinajstić information content (AvgIpc) is 3.46. The van der Waals surface area contributed by atoms with E-state index in [4.69, 9.17) is 37.7 Å². The molecule has 0 unspecified atom stereocenters. The largest absolute Gasteiger partial charge is 0.542 e. The number of carbonyl (C=O) groups excluding carboxylic acids is 4. The summed E-state index contributed by atoms with van der Waals surface area (Å²) in [6.07, 6.45) is -1.24. The summed E-state index contributed by atoms with van der Waals surface area (Å²) in [7, 11) is 0. The van der Waals surface area contributed by atoms with Gasteiger partial charge in [0, 0.05) is 50.2 Å². The molecule has 0 aliphatic carbocycles. The minimum atomic E-state index is -5.19. The van der Waals surface area contributed by atoms with E-state index in [2.05, 4.69) is 27.2 Å². The minimum absolute atomic E-state index is 0.0283. The Hall–Kier alpha value is -5.76. The van der Waals surface area contributed by atoms with Crippen molar-refractivity contribution in [2.24, 2.45) is 0 Å². The standard InChI is InChI=1S/C35H45ClN10O5.C2HF3O2/c1-4-6-9-16-51-27-19-26-25(18-24(27)35(50)44-14-12-43(13-15-44)29(48)17-23-10-7-8-11-39-23)45(5-2)28(46(26)21-22(3)47)20-40-34(49)30-32(37)42-33(38)31(36)41-30;3-2(4,5)1(6)7/h7-8,10-11,18-19,22,47H,4-6,9,12-17,20-21H2,1-3H3,(H4-,37,38,40,42,49);(H,6,7)/t22-;/m0./s1. The Morgan fingerprint density at radius 3 is 2.31 bits per heavy atom. The van der Waals surface area contributed by atoms with E-state index < -0.39 is 24.2 Å². The fourth-order valence-corrected chi connectivity index (χ4v) is 6.32. The maximum absolute atomic E-state index is 14.2. The lowest BCUT2D eigenvalue weighted by atomic mass is 10.1. The van der Waals surface area contributed by atoms with Crippen molar-refractivity contribution in [2.45, 2.75) is 78.4 Å². The van der Waals surface area contributed by atoms with E-state index in [-0.39, 0.29) is 53.8 Å². The van der Waals surface area contributed by atoms with Crippen LogP contribution >= 0.6 is 11.6 Å². The van der Waals surface area contributed by atoms with Gasteiger partial charge in [0.1, 0.15) is 24.8 Å². The summed E-state index contributed by atoms with van der Waals surface area (Å²) in [4.78, 5) is 64.9. The van der Waals surface area contributed by atoms with Gasteiger partial charge in [0.25, 0.3) is 17.6 Å². The number of halogens is 4. The summed E-state index contributed by atoms with van der Waals surface area (Å²) in [6, 6.07) is 9.15. The molecule has 1 saturated heterocycles. The number of amides is 3. The summed E-state index contributed by atoms with van der Waals surface area (Å²) in [5.74, 6) is -2.99. The van der Waals surface area contributed by atoms with Gasteiger partial charge in [-0.15, -0.1) is 0 Å². The topological polar surface area (TPSA) is 239 Å².